The van der Waals surface area contributed by atoms with Crippen LogP contribution < -0.4 is 9.47 Å². The Balaban J connectivity index is 2.43. The molecule has 21 heavy (non-hydrogen) atoms. The van der Waals surface area contributed by atoms with E-state index >= 15 is 0 Å². The van der Waals surface area contributed by atoms with Crippen molar-refractivity contribution in [3.05, 3.63) is 58.6 Å². The van der Waals surface area contributed by atoms with Gasteiger partial charge in [-0.3, -0.25) is 0 Å². The Morgan fingerprint density at radius 1 is 1.10 bits per heavy atom. The van der Waals surface area contributed by atoms with Crippen molar-refractivity contribution < 1.29 is 9.47 Å². The highest BCUT2D eigenvalue weighted by Crippen LogP contribution is 2.29. The average Bonchev–Trinajstić information content (AvgIpc) is 2.52. The van der Waals surface area contributed by atoms with Gasteiger partial charge in [0.2, 0.25) is 0 Å². The number of ether oxygens (including phenoxy) is 2. The highest BCUT2D eigenvalue weighted by Gasteiger charge is 2.06. The number of nitriles is 1. The van der Waals surface area contributed by atoms with E-state index in [4.69, 9.17) is 21.1 Å². The summed E-state index contributed by atoms with van der Waals surface area (Å²) in [5.41, 5.74) is 2.16. The zero-order valence-corrected chi connectivity index (χ0v) is 12.5. The molecule has 0 heterocycles. The monoisotopic (exact) mass is 299 g/mol. The number of halogens is 1. The molecule has 0 aliphatic heterocycles. The molecular formula is C17H14ClNO2. The zero-order valence-electron chi connectivity index (χ0n) is 11.8. The third kappa shape index (κ3) is 3.56. The normalized spacial score (nSPS) is 10.9. The van der Waals surface area contributed by atoms with E-state index in [2.05, 4.69) is 6.07 Å². The first-order chi connectivity index (χ1) is 10.2. The first-order valence-corrected chi connectivity index (χ1v) is 6.65. The molecule has 0 aromatic heterocycles. The minimum Gasteiger partial charge on any atom is -0.493 e. The van der Waals surface area contributed by atoms with Crippen molar-refractivity contribution in [2.45, 2.75) is 0 Å². The average molecular weight is 300 g/mol. The molecule has 0 radical (unpaired) electrons. The van der Waals surface area contributed by atoms with Crippen molar-refractivity contribution in [2.24, 2.45) is 0 Å². The second-order valence-corrected chi connectivity index (χ2v) is 4.73. The zero-order chi connectivity index (χ0) is 15.2. The van der Waals surface area contributed by atoms with E-state index in [0.717, 1.165) is 11.1 Å². The fourth-order valence-corrected chi connectivity index (χ4v) is 2.14. The Kier molecular flexibility index (Phi) is 4.86. The molecule has 0 unspecified atom stereocenters. The molecule has 0 bridgehead atoms. The van der Waals surface area contributed by atoms with Crippen molar-refractivity contribution in [3.63, 3.8) is 0 Å². The Morgan fingerprint density at radius 2 is 1.86 bits per heavy atom. The van der Waals surface area contributed by atoms with E-state index in [9.17, 15) is 5.26 Å². The molecule has 0 fully saturated rings. The van der Waals surface area contributed by atoms with Crippen LogP contribution in [0.5, 0.6) is 11.5 Å². The van der Waals surface area contributed by atoms with Crippen LogP contribution in [0.25, 0.3) is 11.6 Å². The lowest BCUT2D eigenvalue weighted by molar-refractivity contribution is 0.355. The van der Waals surface area contributed by atoms with Crippen molar-refractivity contribution in [1.82, 2.24) is 0 Å². The maximum atomic E-state index is 9.34. The van der Waals surface area contributed by atoms with E-state index in [1.807, 2.05) is 24.3 Å². The van der Waals surface area contributed by atoms with Gasteiger partial charge in [-0.25, -0.2) is 0 Å². The van der Waals surface area contributed by atoms with E-state index in [1.165, 1.54) is 0 Å². The molecule has 0 atom stereocenters. The molecule has 2 aromatic carbocycles. The SMILES string of the molecule is COc1ccc(C=C(C#N)c2cccc(Cl)c2)cc1OC. The van der Waals surface area contributed by atoms with E-state index in [-0.39, 0.29) is 0 Å². The predicted octanol–water partition coefficient (Wildman–Crippen LogP) is 4.42. The number of allylic oxidation sites excluding steroid dienone is 1. The molecule has 106 valence electrons. The summed E-state index contributed by atoms with van der Waals surface area (Å²) in [6.07, 6.45) is 1.79. The minimum atomic E-state index is 0.532. The molecule has 0 aliphatic rings. The van der Waals surface area contributed by atoms with Crippen LogP contribution in [-0.2, 0) is 0 Å². The standard InChI is InChI=1S/C17H14ClNO2/c1-20-16-7-6-12(9-17(16)21-2)8-14(11-19)13-4-3-5-15(18)10-13/h3-10H,1-2H3. The van der Waals surface area contributed by atoms with Gasteiger partial charge in [0.05, 0.1) is 25.9 Å². The Labute approximate surface area is 129 Å². The highest BCUT2D eigenvalue weighted by molar-refractivity contribution is 6.30. The third-order valence-corrected chi connectivity index (χ3v) is 3.21. The molecule has 0 aliphatic carbocycles. The van der Waals surface area contributed by atoms with Crippen molar-refractivity contribution in [3.8, 4) is 17.6 Å². The topological polar surface area (TPSA) is 42.2 Å². The van der Waals surface area contributed by atoms with E-state index < -0.39 is 0 Å². The number of hydrogen-bond acceptors (Lipinski definition) is 3. The first-order valence-electron chi connectivity index (χ1n) is 6.27. The lowest BCUT2D eigenvalue weighted by Gasteiger charge is -2.08. The number of nitrogens with zero attached hydrogens (tertiary/aromatic N) is 1. The summed E-state index contributed by atoms with van der Waals surface area (Å²) in [6, 6.07) is 14.9. The second kappa shape index (κ2) is 6.83. The summed E-state index contributed by atoms with van der Waals surface area (Å²) in [5, 5.41) is 9.94. The number of benzene rings is 2. The van der Waals surface area contributed by atoms with Gasteiger partial charge in [0, 0.05) is 5.02 Å². The molecule has 4 heteroatoms. The van der Waals surface area contributed by atoms with Gasteiger partial charge in [-0.2, -0.15) is 5.26 Å². The van der Waals surface area contributed by atoms with Crippen molar-refractivity contribution >= 4 is 23.3 Å². The quantitative estimate of drug-likeness (QED) is 0.620. The van der Waals surface area contributed by atoms with Gasteiger partial charge in [0.15, 0.2) is 11.5 Å². The molecule has 0 spiro atoms. The first kappa shape index (κ1) is 15.0. The van der Waals surface area contributed by atoms with Crippen LogP contribution in [0.3, 0.4) is 0 Å². The molecule has 2 rings (SSSR count). The largest absolute Gasteiger partial charge is 0.493 e. The summed E-state index contributed by atoms with van der Waals surface area (Å²) in [7, 11) is 3.16. The molecule has 2 aromatic rings. The van der Waals surface area contributed by atoms with Gasteiger partial charge in [0.1, 0.15) is 0 Å². The van der Waals surface area contributed by atoms with Gasteiger partial charge < -0.3 is 9.47 Å². The Hall–Kier alpha value is -2.44. The molecule has 3 nitrogen and oxygen atoms in total. The predicted molar refractivity (Wildman–Crippen MR) is 84.5 cm³/mol. The van der Waals surface area contributed by atoms with Gasteiger partial charge in [-0.05, 0) is 41.5 Å². The van der Waals surface area contributed by atoms with Crippen molar-refractivity contribution in [2.75, 3.05) is 14.2 Å². The van der Waals surface area contributed by atoms with Crippen LogP contribution in [0.1, 0.15) is 11.1 Å². The molecule has 0 saturated heterocycles. The van der Waals surface area contributed by atoms with Gasteiger partial charge in [0.25, 0.3) is 0 Å². The molecule has 0 saturated carbocycles. The van der Waals surface area contributed by atoms with Crippen LogP contribution in [-0.4, -0.2) is 14.2 Å². The fourth-order valence-electron chi connectivity index (χ4n) is 1.95. The summed E-state index contributed by atoms with van der Waals surface area (Å²) in [4.78, 5) is 0. The maximum absolute atomic E-state index is 9.34. The second-order valence-electron chi connectivity index (χ2n) is 4.29. The van der Waals surface area contributed by atoms with Gasteiger partial charge >= 0.3 is 0 Å². The lowest BCUT2D eigenvalue weighted by Crippen LogP contribution is -1.91. The number of methoxy groups -OCH3 is 2. The smallest absolute Gasteiger partial charge is 0.161 e. The van der Waals surface area contributed by atoms with Crippen LogP contribution in [0.2, 0.25) is 5.02 Å². The van der Waals surface area contributed by atoms with E-state index in [1.54, 1.807) is 38.5 Å². The molecular weight excluding hydrogens is 286 g/mol. The minimum absolute atomic E-state index is 0.532. The van der Waals surface area contributed by atoms with Gasteiger partial charge in [-0.15, -0.1) is 0 Å². The summed E-state index contributed by atoms with van der Waals surface area (Å²) >= 11 is 5.96. The Morgan fingerprint density at radius 3 is 2.48 bits per heavy atom. The summed E-state index contributed by atoms with van der Waals surface area (Å²) in [5.74, 6) is 1.27. The highest BCUT2D eigenvalue weighted by atomic mass is 35.5. The van der Waals surface area contributed by atoms with Gasteiger partial charge in [-0.1, -0.05) is 29.8 Å². The van der Waals surface area contributed by atoms with Crippen LogP contribution in [0.15, 0.2) is 42.5 Å². The molecule has 0 N–H and O–H groups in total. The third-order valence-electron chi connectivity index (χ3n) is 2.97. The number of rotatable bonds is 4. The molecule has 0 amide bonds. The van der Waals surface area contributed by atoms with Crippen LogP contribution >= 0.6 is 11.6 Å². The van der Waals surface area contributed by atoms with Crippen LogP contribution in [0.4, 0.5) is 0 Å². The summed E-state index contributed by atoms with van der Waals surface area (Å²) in [6.45, 7) is 0. The Bertz CT molecular complexity index is 717. The van der Waals surface area contributed by atoms with Crippen molar-refractivity contribution in [1.29, 1.82) is 5.26 Å². The lowest BCUT2D eigenvalue weighted by atomic mass is 10.0. The van der Waals surface area contributed by atoms with E-state index in [0.29, 0.717) is 22.1 Å². The van der Waals surface area contributed by atoms with Crippen LogP contribution in [0, 0.1) is 11.3 Å². The maximum Gasteiger partial charge on any atom is 0.161 e. The number of hydrogen-bond donors (Lipinski definition) is 0. The fraction of sp³-hybridized carbons (Fsp3) is 0.118. The summed E-state index contributed by atoms with van der Waals surface area (Å²) < 4.78 is 10.5.